The topological polar surface area (TPSA) is 99.9 Å². The molecular formula is C52H58Cl3FN6O3. The van der Waals surface area contributed by atoms with Gasteiger partial charge in [0, 0.05) is 81.0 Å². The standard InChI is InChI=1S/C18H21ClN2O.C17H18Cl2N2O.C17H19FN2O/c19-16-5-1-14(2-6-16)9-10-21-17-7-3-15(4-8-17)18-13-20-11-12-22-18;18-15-6-1-12(9-16(15)19)10-21-14-4-2-13(3-5-14)17-11-20-7-8-22-17;18-15-5-1-13(2-6-15)11-20-16-7-3-14(4-8-16)17-12-19-9-10-21-17/h1-8,18,20-21H,9-13H2;1-6,9,17,20-21H,7-8,10-11H2;1-8,17,19-20H,9-12H2/t18-;2*17-/m111/s1. The molecule has 0 spiro atoms. The third kappa shape index (κ3) is 16.0. The molecule has 6 aromatic rings. The second kappa shape index (κ2) is 25.8. The summed E-state index contributed by atoms with van der Waals surface area (Å²) >= 11 is 17.8. The predicted octanol–water partition coefficient (Wildman–Crippen LogP) is 11.0. The van der Waals surface area contributed by atoms with Crippen molar-refractivity contribution in [2.75, 3.05) is 81.6 Å². The zero-order valence-electron chi connectivity index (χ0n) is 36.4. The molecule has 0 amide bonds. The van der Waals surface area contributed by atoms with E-state index in [0.29, 0.717) is 23.1 Å². The molecule has 0 bridgehead atoms. The average Bonchev–Trinajstić information content (AvgIpc) is 3.36. The summed E-state index contributed by atoms with van der Waals surface area (Å²) in [6.45, 7) is 10.0. The van der Waals surface area contributed by atoms with Gasteiger partial charge in [-0.05, 0) is 113 Å². The maximum atomic E-state index is 12.8. The number of hydrogen-bond donors (Lipinski definition) is 6. The molecule has 342 valence electrons. The van der Waals surface area contributed by atoms with E-state index in [-0.39, 0.29) is 24.1 Å². The molecule has 0 aliphatic carbocycles. The number of benzene rings is 6. The number of hydrogen-bond acceptors (Lipinski definition) is 9. The van der Waals surface area contributed by atoms with Gasteiger partial charge < -0.3 is 46.1 Å². The Balaban J connectivity index is 0.000000145. The molecule has 3 atom stereocenters. The molecular weight excluding hydrogens is 882 g/mol. The van der Waals surface area contributed by atoms with Gasteiger partial charge in [0.15, 0.2) is 0 Å². The molecule has 3 aliphatic heterocycles. The third-order valence-electron chi connectivity index (χ3n) is 11.2. The quantitative estimate of drug-likeness (QED) is 0.0676. The lowest BCUT2D eigenvalue weighted by Gasteiger charge is -2.24. The van der Waals surface area contributed by atoms with Crippen LogP contribution in [-0.2, 0) is 33.7 Å². The molecule has 3 saturated heterocycles. The molecule has 0 radical (unpaired) electrons. The van der Waals surface area contributed by atoms with E-state index in [4.69, 9.17) is 49.0 Å². The van der Waals surface area contributed by atoms with E-state index in [1.165, 1.54) is 34.4 Å². The molecule has 3 aliphatic rings. The van der Waals surface area contributed by atoms with Gasteiger partial charge in [-0.25, -0.2) is 4.39 Å². The molecule has 9 rings (SSSR count). The van der Waals surface area contributed by atoms with Gasteiger partial charge in [-0.3, -0.25) is 0 Å². The van der Waals surface area contributed by atoms with Crippen molar-refractivity contribution in [2.24, 2.45) is 0 Å². The van der Waals surface area contributed by atoms with Crippen molar-refractivity contribution >= 4 is 51.9 Å². The normalized spacial score (nSPS) is 18.2. The number of anilines is 3. The summed E-state index contributed by atoms with van der Waals surface area (Å²) < 4.78 is 30.1. The minimum absolute atomic E-state index is 0.143. The highest BCUT2D eigenvalue weighted by atomic mass is 35.5. The van der Waals surface area contributed by atoms with Gasteiger partial charge in [-0.1, -0.05) is 102 Å². The molecule has 0 unspecified atom stereocenters. The zero-order chi connectivity index (χ0) is 45.1. The molecule has 6 aromatic carbocycles. The van der Waals surface area contributed by atoms with Gasteiger partial charge in [0.2, 0.25) is 0 Å². The van der Waals surface area contributed by atoms with Crippen molar-refractivity contribution in [3.8, 4) is 0 Å². The fourth-order valence-corrected chi connectivity index (χ4v) is 7.89. The first kappa shape index (κ1) is 48.2. The molecule has 65 heavy (non-hydrogen) atoms. The van der Waals surface area contributed by atoms with Gasteiger partial charge in [0.1, 0.15) is 5.82 Å². The Morgan fingerprint density at radius 1 is 0.462 bits per heavy atom. The average molecular weight is 940 g/mol. The van der Waals surface area contributed by atoms with Crippen LogP contribution in [0.25, 0.3) is 0 Å². The van der Waals surface area contributed by atoms with Crippen molar-refractivity contribution in [1.82, 2.24) is 16.0 Å². The smallest absolute Gasteiger partial charge is 0.123 e. The largest absolute Gasteiger partial charge is 0.385 e. The Labute approximate surface area is 397 Å². The van der Waals surface area contributed by atoms with Gasteiger partial charge in [0.05, 0.1) is 48.2 Å². The molecule has 9 nitrogen and oxygen atoms in total. The lowest BCUT2D eigenvalue weighted by molar-refractivity contribution is 0.0276. The van der Waals surface area contributed by atoms with Gasteiger partial charge in [-0.2, -0.15) is 0 Å². The van der Waals surface area contributed by atoms with Crippen LogP contribution in [0, 0.1) is 5.82 Å². The second-order valence-corrected chi connectivity index (χ2v) is 17.2. The van der Waals surface area contributed by atoms with Gasteiger partial charge in [0.25, 0.3) is 0 Å². The van der Waals surface area contributed by atoms with Crippen molar-refractivity contribution < 1.29 is 18.6 Å². The minimum Gasteiger partial charge on any atom is -0.385 e. The number of rotatable bonds is 13. The van der Waals surface area contributed by atoms with E-state index in [1.54, 1.807) is 12.1 Å². The van der Waals surface area contributed by atoms with Crippen molar-refractivity contribution in [1.29, 1.82) is 0 Å². The predicted molar refractivity (Wildman–Crippen MR) is 265 cm³/mol. The van der Waals surface area contributed by atoms with E-state index in [1.807, 2.05) is 30.3 Å². The number of ether oxygens (including phenoxy) is 3. The lowest BCUT2D eigenvalue weighted by atomic mass is 10.1. The van der Waals surface area contributed by atoms with Gasteiger partial charge >= 0.3 is 0 Å². The molecule has 6 N–H and O–H groups in total. The minimum atomic E-state index is -0.204. The Bertz CT molecular complexity index is 2290. The van der Waals surface area contributed by atoms with Crippen molar-refractivity contribution in [3.63, 3.8) is 0 Å². The Hall–Kier alpha value is -4.72. The van der Waals surface area contributed by atoms with Crippen molar-refractivity contribution in [2.45, 2.75) is 37.8 Å². The zero-order valence-corrected chi connectivity index (χ0v) is 38.7. The summed E-state index contributed by atoms with van der Waals surface area (Å²) in [6.07, 6.45) is 1.45. The first-order valence-electron chi connectivity index (χ1n) is 22.3. The Kier molecular flexibility index (Phi) is 19.2. The number of morpholine rings is 3. The molecule has 3 fully saturated rings. The van der Waals surface area contributed by atoms with Crippen LogP contribution >= 0.6 is 34.8 Å². The van der Waals surface area contributed by atoms with E-state index in [2.05, 4.69) is 117 Å². The van der Waals surface area contributed by atoms with Crippen LogP contribution < -0.4 is 31.9 Å². The van der Waals surface area contributed by atoms with E-state index >= 15 is 0 Å². The first-order valence-corrected chi connectivity index (χ1v) is 23.4. The van der Waals surface area contributed by atoms with Gasteiger partial charge in [-0.15, -0.1) is 0 Å². The number of halogens is 4. The molecule has 13 heteroatoms. The highest BCUT2D eigenvalue weighted by molar-refractivity contribution is 6.42. The third-order valence-corrected chi connectivity index (χ3v) is 12.2. The van der Waals surface area contributed by atoms with Crippen LogP contribution in [0.1, 0.15) is 51.7 Å². The molecule has 3 heterocycles. The van der Waals surface area contributed by atoms with Crippen LogP contribution in [0.5, 0.6) is 0 Å². The van der Waals surface area contributed by atoms with E-state index in [9.17, 15) is 4.39 Å². The van der Waals surface area contributed by atoms with Crippen LogP contribution in [0.15, 0.2) is 140 Å². The summed E-state index contributed by atoms with van der Waals surface area (Å²) in [6, 6.07) is 45.4. The highest BCUT2D eigenvalue weighted by Crippen LogP contribution is 2.26. The van der Waals surface area contributed by atoms with E-state index < -0.39 is 0 Å². The van der Waals surface area contributed by atoms with Crippen LogP contribution in [0.4, 0.5) is 21.5 Å². The summed E-state index contributed by atoms with van der Waals surface area (Å²) in [5.74, 6) is -0.204. The van der Waals surface area contributed by atoms with Crippen LogP contribution in [-0.4, -0.2) is 65.6 Å². The summed E-state index contributed by atoms with van der Waals surface area (Å²) in [5, 5.41) is 22.1. The van der Waals surface area contributed by atoms with E-state index in [0.717, 1.165) is 105 Å². The van der Waals surface area contributed by atoms with Crippen LogP contribution in [0.2, 0.25) is 15.1 Å². The van der Waals surface area contributed by atoms with Crippen molar-refractivity contribution in [3.05, 3.63) is 194 Å². The maximum Gasteiger partial charge on any atom is 0.123 e. The number of nitrogens with one attached hydrogen (secondary N) is 6. The fraction of sp³-hybridized carbons (Fsp3) is 0.308. The van der Waals surface area contributed by atoms with Crippen LogP contribution in [0.3, 0.4) is 0 Å². The maximum absolute atomic E-state index is 12.8. The highest BCUT2D eigenvalue weighted by Gasteiger charge is 2.17. The Morgan fingerprint density at radius 3 is 1.31 bits per heavy atom. The molecule has 0 saturated carbocycles. The SMILES string of the molecule is Clc1ccc(CCNc2ccc([C@H]3CNCCO3)cc2)cc1.Clc1ccc(CNc2ccc([C@H]3CNCCO3)cc2)cc1Cl.Fc1ccc(CNc2ccc([C@H]3CNCCO3)cc2)cc1. The Morgan fingerprint density at radius 2 is 0.877 bits per heavy atom. The first-order chi connectivity index (χ1) is 31.8. The summed E-state index contributed by atoms with van der Waals surface area (Å²) in [7, 11) is 0. The summed E-state index contributed by atoms with van der Waals surface area (Å²) in [5.41, 5.74) is 10.3. The molecule has 0 aromatic heterocycles. The summed E-state index contributed by atoms with van der Waals surface area (Å²) in [4.78, 5) is 0. The fourth-order valence-electron chi connectivity index (χ4n) is 7.45. The lowest BCUT2D eigenvalue weighted by Crippen LogP contribution is -2.33. The second-order valence-electron chi connectivity index (χ2n) is 15.9. The monoisotopic (exact) mass is 938 g/mol.